The second-order valence-electron chi connectivity index (χ2n) is 6.29. The van der Waals surface area contributed by atoms with E-state index < -0.39 is 53.7 Å². The van der Waals surface area contributed by atoms with Crippen molar-refractivity contribution >= 4 is 5.96 Å². The van der Waals surface area contributed by atoms with Crippen molar-refractivity contribution in [3.63, 3.8) is 0 Å². The van der Waals surface area contributed by atoms with Gasteiger partial charge in [0, 0.05) is 0 Å². The molecule has 0 aromatic carbocycles. The van der Waals surface area contributed by atoms with Gasteiger partial charge in [0.2, 0.25) is 0 Å². The van der Waals surface area contributed by atoms with Crippen LogP contribution in [-0.2, 0) is 9.47 Å². The Kier molecular flexibility index (Phi) is 2.26. The van der Waals surface area contributed by atoms with Crippen LogP contribution in [0, 0.1) is 5.92 Å². The largest absolute Gasteiger partial charge is 0.388 e. The molecule has 9 atom stereocenters. The number of hydrogen-bond donors (Lipinski definition) is 7. The molecule has 21 heavy (non-hydrogen) atoms. The van der Waals surface area contributed by atoms with Gasteiger partial charge in [-0.05, 0) is 6.92 Å². The molecule has 4 bridgehead atoms. The highest BCUT2D eigenvalue weighted by Crippen LogP contribution is 2.58. The molecular formula is C11H17N3O7. The molecule has 1 saturated carbocycles. The van der Waals surface area contributed by atoms with Gasteiger partial charge in [-0.3, -0.25) is 0 Å². The van der Waals surface area contributed by atoms with E-state index >= 15 is 0 Å². The summed E-state index contributed by atoms with van der Waals surface area (Å²) in [7, 11) is 0. The normalized spacial score (nSPS) is 64.8. The van der Waals surface area contributed by atoms with Crippen LogP contribution in [0.15, 0.2) is 4.99 Å². The molecule has 5 aliphatic rings. The first kappa shape index (κ1) is 13.6. The van der Waals surface area contributed by atoms with Crippen LogP contribution in [0.5, 0.6) is 0 Å². The average Bonchev–Trinajstić information content (AvgIpc) is 2.36. The molecule has 118 valence electrons. The Morgan fingerprint density at radius 1 is 1.19 bits per heavy atom. The molecule has 0 aromatic rings. The van der Waals surface area contributed by atoms with Crippen molar-refractivity contribution in [2.45, 2.75) is 54.7 Å². The molecule has 5 rings (SSSR count). The number of aliphatic imine (C=N–C) groups is 1. The summed E-state index contributed by atoms with van der Waals surface area (Å²) in [4.78, 5) is 3.74. The summed E-state index contributed by atoms with van der Waals surface area (Å²) in [5.74, 6) is -3.62. The van der Waals surface area contributed by atoms with Crippen LogP contribution in [-0.4, -0.2) is 79.2 Å². The predicted octanol–water partition coefficient (Wildman–Crippen LogP) is -4.49. The molecular weight excluding hydrogens is 286 g/mol. The molecule has 1 aliphatic carbocycles. The number of rotatable bonds is 0. The van der Waals surface area contributed by atoms with Crippen molar-refractivity contribution in [2.75, 3.05) is 0 Å². The van der Waals surface area contributed by atoms with Crippen LogP contribution >= 0.6 is 0 Å². The number of nitrogens with zero attached hydrogens (tertiary/aromatic N) is 1. The zero-order valence-electron chi connectivity index (χ0n) is 11.0. The van der Waals surface area contributed by atoms with E-state index in [2.05, 4.69) is 10.3 Å². The summed E-state index contributed by atoms with van der Waals surface area (Å²) in [5, 5.41) is 54.7. The van der Waals surface area contributed by atoms with Gasteiger partial charge in [-0.1, -0.05) is 0 Å². The first-order valence-corrected chi connectivity index (χ1v) is 6.60. The van der Waals surface area contributed by atoms with Crippen LogP contribution in [0.2, 0.25) is 0 Å². The summed E-state index contributed by atoms with van der Waals surface area (Å²) in [6.45, 7) is 1.36. The monoisotopic (exact) mass is 303 g/mol. The Morgan fingerprint density at radius 2 is 1.81 bits per heavy atom. The van der Waals surface area contributed by atoms with Gasteiger partial charge >= 0.3 is 5.97 Å². The predicted molar refractivity (Wildman–Crippen MR) is 64.3 cm³/mol. The minimum absolute atomic E-state index is 0.193. The first-order chi connectivity index (χ1) is 9.64. The molecule has 3 saturated heterocycles. The lowest BCUT2D eigenvalue weighted by atomic mass is 9.55. The number of aliphatic hydroxyl groups excluding tert-OH is 3. The summed E-state index contributed by atoms with van der Waals surface area (Å²) in [6.07, 6.45) is -6.96. The van der Waals surface area contributed by atoms with Gasteiger partial charge in [0.05, 0.1) is 5.92 Å². The third-order valence-electron chi connectivity index (χ3n) is 5.13. The van der Waals surface area contributed by atoms with Crippen molar-refractivity contribution in [1.82, 2.24) is 5.32 Å². The number of guanidine groups is 1. The fourth-order valence-corrected chi connectivity index (χ4v) is 4.19. The second kappa shape index (κ2) is 3.49. The van der Waals surface area contributed by atoms with E-state index in [4.69, 9.17) is 15.2 Å². The van der Waals surface area contributed by atoms with Crippen LogP contribution in [0.25, 0.3) is 0 Å². The van der Waals surface area contributed by atoms with E-state index in [-0.39, 0.29) is 5.96 Å². The zero-order chi connectivity index (χ0) is 15.4. The van der Waals surface area contributed by atoms with Crippen LogP contribution in [0.3, 0.4) is 0 Å². The summed E-state index contributed by atoms with van der Waals surface area (Å²) in [5.41, 5.74) is 2.27. The van der Waals surface area contributed by atoms with Crippen molar-refractivity contribution in [3.05, 3.63) is 0 Å². The average molecular weight is 303 g/mol. The summed E-state index contributed by atoms with van der Waals surface area (Å²) >= 11 is 0. The quantitative estimate of drug-likeness (QED) is 0.233. The molecule has 10 heteroatoms. The van der Waals surface area contributed by atoms with Gasteiger partial charge in [0.15, 0.2) is 18.3 Å². The number of nitrogens with two attached hydrogens (primary N) is 1. The smallest absolute Gasteiger partial charge is 0.311 e. The number of nitrogens with one attached hydrogen (secondary N) is 1. The summed E-state index contributed by atoms with van der Waals surface area (Å²) < 4.78 is 10.4. The minimum atomic E-state index is -2.41. The van der Waals surface area contributed by atoms with Crippen molar-refractivity contribution < 1.29 is 35.0 Å². The van der Waals surface area contributed by atoms with Gasteiger partial charge in [0.25, 0.3) is 0 Å². The van der Waals surface area contributed by atoms with Gasteiger partial charge < -0.3 is 46.1 Å². The first-order valence-electron chi connectivity index (χ1n) is 6.60. The van der Waals surface area contributed by atoms with E-state index in [9.17, 15) is 25.5 Å². The fourth-order valence-electron chi connectivity index (χ4n) is 4.19. The second-order valence-corrected chi connectivity index (χ2v) is 6.29. The molecule has 4 aliphatic heterocycles. The fraction of sp³-hybridized carbons (Fsp3) is 0.909. The lowest BCUT2D eigenvalue weighted by Crippen LogP contribution is -2.94. The van der Waals surface area contributed by atoms with E-state index in [0.29, 0.717) is 0 Å². The molecule has 0 aromatic heterocycles. The molecule has 8 N–H and O–H groups in total. The van der Waals surface area contributed by atoms with Crippen LogP contribution in [0.1, 0.15) is 6.92 Å². The number of ether oxygens (including phenoxy) is 2. The molecule has 4 heterocycles. The Morgan fingerprint density at radius 3 is 2.48 bits per heavy atom. The van der Waals surface area contributed by atoms with Gasteiger partial charge in [-0.25, -0.2) is 4.99 Å². The SMILES string of the molecule is C[C@]1(O)[C@@H]2O[C@]3(O)O[C@H]1[C@@H](O)[C@@]1(NC(N)=N[C@H](O)[C@@H]21)[C@@H]3O. The Bertz CT molecular complexity index is 542. The maximum atomic E-state index is 10.6. The Balaban J connectivity index is 1.95. The van der Waals surface area contributed by atoms with Crippen molar-refractivity contribution in [2.24, 2.45) is 16.6 Å². The van der Waals surface area contributed by atoms with Gasteiger partial charge in [0.1, 0.15) is 29.5 Å². The molecule has 1 spiro atoms. The van der Waals surface area contributed by atoms with Crippen LogP contribution < -0.4 is 11.1 Å². The Labute approximate surface area is 118 Å². The molecule has 0 unspecified atom stereocenters. The standard InChI is InChI=1S/C11H17N3O7/c1-9(18)4-2-6(16)13-8(12)14-10(2)3(15)5(9)21-11(19,20-4)7(10)17/h2-7,15-19H,1H3,(H3,12,13,14)/t2-,3-,4-,5+,6-,7+,9+,10-,11+/m1/s1. The summed E-state index contributed by atoms with van der Waals surface area (Å²) in [6, 6.07) is 0. The molecule has 4 fully saturated rings. The van der Waals surface area contributed by atoms with Crippen molar-refractivity contribution in [1.29, 1.82) is 0 Å². The zero-order valence-corrected chi connectivity index (χ0v) is 11.0. The highest BCUT2D eigenvalue weighted by molar-refractivity contribution is 5.80. The van der Waals surface area contributed by atoms with Crippen LogP contribution in [0.4, 0.5) is 0 Å². The molecule has 0 amide bonds. The Hall–Kier alpha value is -1.01. The lowest BCUT2D eigenvalue weighted by molar-refractivity contribution is -0.545. The molecule has 0 radical (unpaired) electrons. The van der Waals surface area contributed by atoms with E-state index in [1.54, 1.807) is 0 Å². The van der Waals surface area contributed by atoms with E-state index in [1.165, 1.54) is 6.92 Å². The lowest BCUT2D eigenvalue weighted by Gasteiger charge is -2.71. The third kappa shape index (κ3) is 1.26. The minimum Gasteiger partial charge on any atom is -0.388 e. The number of hydrogen-bond acceptors (Lipinski definition) is 10. The van der Waals surface area contributed by atoms with E-state index in [1.807, 2.05) is 0 Å². The van der Waals surface area contributed by atoms with Gasteiger partial charge in [-0.15, -0.1) is 0 Å². The van der Waals surface area contributed by atoms with Crippen molar-refractivity contribution in [3.8, 4) is 0 Å². The van der Waals surface area contributed by atoms with Gasteiger partial charge in [-0.2, -0.15) is 0 Å². The molecule has 10 nitrogen and oxygen atoms in total. The third-order valence-corrected chi connectivity index (χ3v) is 5.13. The highest BCUT2D eigenvalue weighted by atomic mass is 16.9. The topological polar surface area (TPSA) is 170 Å². The van der Waals surface area contributed by atoms with E-state index in [0.717, 1.165) is 0 Å². The number of aliphatic hydroxyl groups is 5. The maximum absolute atomic E-state index is 10.6. The highest BCUT2D eigenvalue weighted by Gasteiger charge is 2.82. The maximum Gasteiger partial charge on any atom is 0.311 e.